The predicted octanol–water partition coefficient (Wildman–Crippen LogP) is 4.99. The molecule has 34 heavy (non-hydrogen) atoms. The highest BCUT2D eigenvalue weighted by molar-refractivity contribution is 5.61. The molecule has 3 aromatic heterocycles. The lowest BCUT2D eigenvalue weighted by molar-refractivity contribution is 0.00457. The van der Waals surface area contributed by atoms with Crippen LogP contribution < -0.4 is 5.56 Å². The topological polar surface area (TPSA) is 69.4 Å². The van der Waals surface area contributed by atoms with Crippen molar-refractivity contribution in [1.29, 1.82) is 0 Å². The molecule has 0 radical (unpaired) electrons. The molecule has 4 heterocycles. The van der Waals surface area contributed by atoms with Gasteiger partial charge in [-0.25, -0.2) is 23.1 Å². The number of pyridine rings is 1. The van der Waals surface area contributed by atoms with Crippen molar-refractivity contribution in [2.75, 3.05) is 6.61 Å². The van der Waals surface area contributed by atoms with Crippen LogP contribution in [0.15, 0.2) is 47.4 Å². The van der Waals surface area contributed by atoms with E-state index < -0.39 is 11.6 Å². The first-order chi connectivity index (χ1) is 16.3. The fourth-order valence-corrected chi connectivity index (χ4v) is 4.50. The molecule has 1 aliphatic rings. The first-order valence-corrected chi connectivity index (χ1v) is 11.2. The van der Waals surface area contributed by atoms with E-state index in [2.05, 4.69) is 9.97 Å². The van der Waals surface area contributed by atoms with Crippen molar-refractivity contribution in [3.63, 3.8) is 0 Å². The Morgan fingerprint density at radius 1 is 1.06 bits per heavy atom. The van der Waals surface area contributed by atoms with E-state index in [9.17, 15) is 13.6 Å². The Kier molecular flexibility index (Phi) is 5.69. The van der Waals surface area contributed by atoms with Gasteiger partial charge >= 0.3 is 0 Å². The van der Waals surface area contributed by atoms with E-state index in [1.54, 1.807) is 26.1 Å². The van der Waals surface area contributed by atoms with Crippen LogP contribution in [0.4, 0.5) is 8.78 Å². The second-order valence-corrected chi connectivity index (χ2v) is 8.76. The maximum Gasteiger partial charge on any atom is 0.262 e. The van der Waals surface area contributed by atoms with Gasteiger partial charge in [0.25, 0.3) is 5.56 Å². The summed E-state index contributed by atoms with van der Waals surface area (Å²) >= 11 is 0. The van der Waals surface area contributed by atoms with Gasteiger partial charge in [0.2, 0.25) is 0 Å². The molecule has 1 aliphatic heterocycles. The van der Waals surface area contributed by atoms with E-state index >= 15 is 0 Å². The lowest BCUT2D eigenvalue weighted by atomic mass is 9.89. The Labute approximate surface area is 195 Å². The summed E-state index contributed by atoms with van der Waals surface area (Å²) in [6.07, 6.45) is 3.04. The molecule has 0 saturated carbocycles. The molecular formula is C26H24F2N4O2. The largest absolute Gasteiger partial charge is 0.373 e. The molecule has 0 unspecified atom stereocenters. The summed E-state index contributed by atoms with van der Waals surface area (Å²) in [4.78, 5) is 26.8. The number of halogens is 2. The maximum absolute atomic E-state index is 14.8. The number of hydrogen-bond donors (Lipinski definition) is 0. The van der Waals surface area contributed by atoms with Crippen molar-refractivity contribution in [2.45, 2.75) is 45.6 Å². The third kappa shape index (κ3) is 3.98. The highest BCUT2D eigenvalue weighted by atomic mass is 19.1. The van der Waals surface area contributed by atoms with Gasteiger partial charge in [-0.1, -0.05) is 0 Å². The van der Waals surface area contributed by atoms with Gasteiger partial charge in [0.05, 0.1) is 11.7 Å². The lowest BCUT2D eigenvalue weighted by Gasteiger charge is -2.30. The van der Waals surface area contributed by atoms with Crippen molar-refractivity contribution in [1.82, 2.24) is 19.4 Å². The van der Waals surface area contributed by atoms with Crippen molar-refractivity contribution < 1.29 is 13.5 Å². The van der Waals surface area contributed by atoms with Crippen molar-refractivity contribution >= 4 is 5.65 Å². The van der Waals surface area contributed by atoms with Crippen LogP contribution in [0.2, 0.25) is 0 Å². The molecular weight excluding hydrogens is 438 g/mol. The quantitative estimate of drug-likeness (QED) is 0.429. The SMILES string of the molecule is Cc1cc([C@H]2C[C@@H](c3cc4nc(C)c(C)c(=O)n4c(-c4ccc(F)cc4F)n3)CCO2)ccn1. The summed E-state index contributed by atoms with van der Waals surface area (Å²) in [7, 11) is 0. The summed E-state index contributed by atoms with van der Waals surface area (Å²) in [5.41, 5.74) is 3.83. The Morgan fingerprint density at radius 2 is 1.88 bits per heavy atom. The van der Waals surface area contributed by atoms with Crippen molar-refractivity contribution in [3.8, 4) is 11.4 Å². The highest BCUT2D eigenvalue weighted by Crippen LogP contribution is 2.38. The van der Waals surface area contributed by atoms with Gasteiger partial charge in [-0.15, -0.1) is 0 Å². The summed E-state index contributed by atoms with van der Waals surface area (Å²) in [5, 5.41) is 0. The van der Waals surface area contributed by atoms with Crippen LogP contribution >= 0.6 is 0 Å². The lowest BCUT2D eigenvalue weighted by Crippen LogP contribution is -2.24. The fourth-order valence-electron chi connectivity index (χ4n) is 4.50. The van der Waals surface area contributed by atoms with Gasteiger partial charge in [-0.3, -0.25) is 9.78 Å². The van der Waals surface area contributed by atoms with Crippen LogP contribution in [0.25, 0.3) is 17.0 Å². The second-order valence-electron chi connectivity index (χ2n) is 8.76. The van der Waals surface area contributed by atoms with E-state index in [-0.39, 0.29) is 29.0 Å². The molecule has 0 aliphatic carbocycles. The highest BCUT2D eigenvalue weighted by Gasteiger charge is 2.28. The average Bonchev–Trinajstić information content (AvgIpc) is 2.82. The van der Waals surface area contributed by atoms with Gasteiger partial charge < -0.3 is 4.74 Å². The molecule has 1 saturated heterocycles. The van der Waals surface area contributed by atoms with Crippen LogP contribution in [-0.4, -0.2) is 26.0 Å². The molecule has 8 heteroatoms. The van der Waals surface area contributed by atoms with Gasteiger partial charge in [0.1, 0.15) is 17.3 Å². The first-order valence-electron chi connectivity index (χ1n) is 11.2. The van der Waals surface area contributed by atoms with Gasteiger partial charge in [0, 0.05) is 53.5 Å². The molecule has 5 rings (SSSR count). The number of ether oxygens (including phenoxy) is 1. The summed E-state index contributed by atoms with van der Waals surface area (Å²) < 4.78 is 35.8. The third-order valence-electron chi connectivity index (χ3n) is 6.47. The van der Waals surface area contributed by atoms with Crippen LogP contribution in [-0.2, 0) is 4.74 Å². The minimum Gasteiger partial charge on any atom is -0.373 e. The van der Waals surface area contributed by atoms with Gasteiger partial charge in [-0.2, -0.15) is 0 Å². The molecule has 1 aromatic carbocycles. The minimum atomic E-state index is -0.784. The number of hydrogen-bond acceptors (Lipinski definition) is 5. The number of benzene rings is 1. The molecule has 0 bridgehead atoms. The zero-order chi connectivity index (χ0) is 24.0. The normalized spacial score (nSPS) is 18.4. The molecule has 0 spiro atoms. The number of nitrogens with zero attached hydrogens (tertiary/aromatic N) is 4. The fraction of sp³-hybridized carbons (Fsp3) is 0.308. The van der Waals surface area contributed by atoms with Gasteiger partial charge in [-0.05, 0) is 63.4 Å². The number of rotatable bonds is 3. The number of fused-ring (bicyclic) bond motifs is 1. The molecule has 6 nitrogen and oxygen atoms in total. The first kappa shape index (κ1) is 22.3. The van der Waals surface area contributed by atoms with E-state index in [1.165, 1.54) is 10.5 Å². The monoisotopic (exact) mass is 462 g/mol. The molecule has 1 fully saturated rings. The number of aromatic nitrogens is 4. The summed E-state index contributed by atoms with van der Waals surface area (Å²) in [6, 6.07) is 9.02. The zero-order valence-electron chi connectivity index (χ0n) is 19.2. The number of aryl methyl sites for hydroxylation is 2. The summed E-state index contributed by atoms with van der Waals surface area (Å²) in [6.45, 7) is 5.92. The van der Waals surface area contributed by atoms with E-state index in [0.717, 1.165) is 29.8 Å². The Morgan fingerprint density at radius 3 is 2.65 bits per heavy atom. The molecule has 2 atom stereocenters. The standard InChI is InChI=1S/C26H24F2N4O2/c1-14-10-18(6-8-29-14)23-11-17(7-9-34-23)22-13-24-30-16(3)15(2)26(33)32(24)25(31-22)20-5-4-19(27)12-21(20)28/h4-6,8,10,12-13,17,23H,7,9,11H2,1-3H3/t17-,23+/m0/s1. The van der Waals surface area contributed by atoms with E-state index in [4.69, 9.17) is 9.72 Å². The van der Waals surface area contributed by atoms with Crippen molar-refractivity contribution in [2.24, 2.45) is 0 Å². The van der Waals surface area contributed by atoms with E-state index in [1.807, 2.05) is 19.1 Å². The van der Waals surface area contributed by atoms with Crippen molar-refractivity contribution in [3.05, 3.63) is 92.8 Å². The molecule has 0 amide bonds. The Hall–Kier alpha value is -3.52. The zero-order valence-corrected chi connectivity index (χ0v) is 19.2. The predicted molar refractivity (Wildman–Crippen MR) is 124 cm³/mol. The van der Waals surface area contributed by atoms with Crippen LogP contribution in [0.5, 0.6) is 0 Å². The van der Waals surface area contributed by atoms with Crippen LogP contribution in [0.1, 0.15) is 53.1 Å². The summed E-state index contributed by atoms with van der Waals surface area (Å²) in [5.74, 6) is -1.35. The smallest absolute Gasteiger partial charge is 0.262 e. The molecule has 0 N–H and O–H groups in total. The van der Waals surface area contributed by atoms with Crippen LogP contribution in [0.3, 0.4) is 0 Å². The third-order valence-corrected chi connectivity index (χ3v) is 6.47. The molecule has 174 valence electrons. The molecule has 4 aromatic rings. The van der Waals surface area contributed by atoms with E-state index in [0.29, 0.717) is 35.6 Å². The Bertz CT molecular complexity index is 1470. The van der Waals surface area contributed by atoms with Gasteiger partial charge in [0.15, 0.2) is 5.82 Å². The maximum atomic E-state index is 14.8. The van der Waals surface area contributed by atoms with Crippen LogP contribution in [0, 0.1) is 32.4 Å². The average molecular weight is 463 g/mol. The Balaban J connectivity index is 1.66. The minimum absolute atomic E-state index is 0.0120. The second kappa shape index (κ2) is 8.68.